The molecule has 1 aliphatic carbocycles. The number of anilines is 1. The number of hydrogen-bond donors (Lipinski definition) is 0. The minimum atomic E-state index is -0.671. The van der Waals surface area contributed by atoms with Crippen molar-refractivity contribution in [1.29, 1.82) is 0 Å². The van der Waals surface area contributed by atoms with Crippen molar-refractivity contribution in [2.24, 2.45) is 0 Å². The molecule has 0 saturated carbocycles. The second-order valence-electron chi connectivity index (χ2n) is 10.8. The predicted molar refractivity (Wildman–Crippen MR) is 138 cm³/mol. The van der Waals surface area contributed by atoms with Crippen LogP contribution in [0.25, 0.3) is 0 Å². The van der Waals surface area contributed by atoms with E-state index in [1.807, 2.05) is 24.0 Å². The molecule has 0 bridgehead atoms. The molecule has 1 spiro atoms. The number of likely N-dealkylation sites (N-methyl/N-ethyl adjacent to an activating group) is 1. The van der Waals surface area contributed by atoms with E-state index < -0.39 is 5.54 Å². The Kier molecular flexibility index (Phi) is 5.59. The van der Waals surface area contributed by atoms with Gasteiger partial charge in [-0.05, 0) is 73.8 Å². The second kappa shape index (κ2) is 8.66. The number of imide groups is 1. The van der Waals surface area contributed by atoms with Crippen LogP contribution in [0.2, 0.25) is 0 Å². The van der Waals surface area contributed by atoms with E-state index in [1.54, 1.807) is 4.90 Å². The first-order valence-corrected chi connectivity index (χ1v) is 13.3. The SMILES string of the molecule is CCN1C(=O)N(C2Cc3ccccc3C2)C(=O)C12CCN(Cc1ccc3c(c1)CCCN3C)CC2. The van der Waals surface area contributed by atoms with Crippen LogP contribution in [0.4, 0.5) is 10.5 Å². The van der Waals surface area contributed by atoms with E-state index in [4.69, 9.17) is 0 Å². The molecule has 0 aromatic heterocycles. The molecule has 2 saturated heterocycles. The fourth-order valence-electron chi connectivity index (χ4n) is 6.98. The highest BCUT2D eigenvalue weighted by Gasteiger charge is 2.59. The zero-order chi connectivity index (χ0) is 24.2. The van der Waals surface area contributed by atoms with Crippen molar-refractivity contribution in [3.8, 4) is 0 Å². The number of likely N-dealkylation sites (tertiary alicyclic amines) is 1. The van der Waals surface area contributed by atoms with E-state index in [2.05, 4.69) is 47.2 Å². The van der Waals surface area contributed by atoms with Crippen LogP contribution in [0, 0.1) is 0 Å². The van der Waals surface area contributed by atoms with Gasteiger partial charge in [0.1, 0.15) is 5.54 Å². The molecule has 6 heteroatoms. The molecule has 3 heterocycles. The molecule has 0 atom stereocenters. The van der Waals surface area contributed by atoms with E-state index in [9.17, 15) is 9.59 Å². The number of urea groups is 1. The highest BCUT2D eigenvalue weighted by atomic mass is 16.2. The number of piperidine rings is 1. The molecule has 0 N–H and O–H groups in total. The fourth-order valence-corrected chi connectivity index (χ4v) is 6.98. The lowest BCUT2D eigenvalue weighted by atomic mass is 9.85. The molecular weight excluding hydrogens is 436 g/mol. The first-order valence-electron chi connectivity index (χ1n) is 13.3. The summed E-state index contributed by atoms with van der Waals surface area (Å²) in [6.45, 7) is 6.31. The maximum Gasteiger partial charge on any atom is 0.327 e. The first kappa shape index (κ1) is 22.6. The Morgan fingerprint density at radius 1 is 0.943 bits per heavy atom. The number of aryl methyl sites for hydroxylation is 1. The number of carbonyl (C=O) groups is 2. The summed E-state index contributed by atoms with van der Waals surface area (Å²) in [7, 11) is 2.18. The summed E-state index contributed by atoms with van der Waals surface area (Å²) < 4.78 is 0. The van der Waals surface area contributed by atoms with Crippen molar-refractivity contribution in [2.45, 2.75) is 63.6 Å². The molecule has 3 aliphatic heterocycles. The van der Waals surface area contributed by atoms with Crippen molar-refractivity contribution >= 4 is 17.6 Å². The van der Waals surface area contributed by atoms with Gasteiger partial charge < -0.3 is 9.80 Å². The molecule has 184 valence electrons. The van der Waals surface area contributed by atoms with Crippen molar-refractivity contribution in [3.63, 3.8) is 0 Å². The van der Waals surface area contributed by atoms with Gasteiger partial charge in [-0.1, -0.05) is 36.4 Å². The van der Waals surface area contributed by atoms with Crippen LogP contribution >= 0.6 is 0 Å². The van der Waals surface area contributed by atoms with Gasteiger partial charge in [0.05, 0.1) is 0 Å². The molecule has 4 aliphatic rings. The Balaban J connectivity index is 1.16. The summed E-state index contributed by atoms with van der Waals surface area (Å²) in [5, 5.41) is 0. The quantitative estimate of drug-likeness (QED) is 0.634. The molecule has 35 heavy (non-hydrogen) atoms. The van der Waals surface area contributed by atoms with Crippen LogP contribution < -0.4 is 4.90 Å². The van der Waals surface area contributed by atoms with Gasteiger partial charge in [0.15, 0.2) is 0 Å². The Morgan fingerprint density at radius 2 is 1.66 bits per heavy atom. The van der Waals surface area contributed by atoms with Crippen LogP contribution in [-0.2, 0) is 30.6 Å². The summed E-state index contributed by atoms with van der Waals surface area (Å²) >= 11 is 0. The van der Waals surface area contributed by atoms with Gasteiger partial charge in [-0.2, -0.15) is 0 Å². The largest absolute Gasteiger partial charge is 0.374 e. The average Bonchev–Trinajstić information content (AvgIpc) is 3.37. The zero-order valence-corrected chi connectivity index (χ0v) is 21.0. The topological polar surface area (TPSA) is 47.1 Å². The van der Waals surface area contributed by atoms with Gasteiger partial charge in [0.2, 0.25) is 0 Å². The Hall–Kier alpha value is -2.86. The van der Waals surface area contributed by atoms with Crippen molar-refractivity contribution in [1.82, 2.24) is 14.7 Å². The van der Waals surface area contributed by atoms with Crippen molar-refractivity contribution < 1.29 is 9.59 Å². The van der Waals surface area contributed by atoms with Crippen molar-refractivity contribution in [2.75, 3.05) is 38.1 Å². The van der Waals surface area contributed by atoms with Crippen LogP contribution in [0.15, 0.2) is 42.5 Å². The molecule has 0 radical (unpaired) electrons. The third-order valence-electron chi connectivity index (χ3n) is 8.87. The number of amides is 3. The molecule has 0 unspecified atom stereocenters. The Labute approximate surface area is 208 Å². The maximum atomic E-state index is 13.9. The van der Waals surface area contributed by atoms with Crippen LogP contribution in [0.3, 0.4) is 0 Å². The fraction of sp³-hybridized carbons (Fsp3) is 0.517. The third kappa shape index (κ3) is 3.65. The molecule has 2 aromatic carbocycles. The maximum absolute atomic E-state index is 13.9. The van der Waals surface area contributed by atoms with Crippen LogP contribution in [-0.4, -0.2) is 71.4 Å². The van der Waals surface area contributed by atoms with E-state index in [-0.39, 0.29) is 18.0 Å². The lowest BCUT2D eigenvalue weighted by Crippen LogP contribution is -2.56. The number of benzene rings is 2. The van der Waals surface area contributed by atoms with Crippen LogP contribution in [0.1, 0.15) is 48.4 Å². The van der Waals surface area contributed by atoms with E-state index >= 15 is 0 Å². The Morgan fingerprint density at radius 3 is 2.34 bits per heavy atom. The van der Waals surface area contributed by atoms with Gasteiger partial charge in [-0.25, -0.2) is 4.79 Å². The third-order valence-corrected chi connectivity index (χ3v) is 8.87. The normalized spacial score (nSPS) is 22.3. The number of fused-ring (bicyclic) bond motifs is 2. The zero-order valence-electron chi connectivity index (χ0n) is 21.0. The van der Waals surface area contributed by atoms with Gasteiger partial charge >= 0.3 is 6.03 Å². The average molecular weight is 473 g/mol. The van der Waals surface area contributed by atoms with E-state index in [0.29, 0.717) is 6.54 Å². The lowest BCUT2D eigenvalue weighted by Gasteiger charge is -2.42. The smallest absolute Gasteiger partial charge is 0.327 e. The molecule has 2 aromatic rings. The Bertz CT molecular complexity index is 1130. The second-order valence-corrected chi connectivity index (χ2v) is 10.8. The number of nitrogens with zero attached hydrogens (tertiary/aromatic N) is 4. The minimum absolute atomic E-state index is 0.0404. The molecule has 2 fully saturated rings. The summed E-state index contributed by atoms with van der Waals surface area (Å²) in [6.07, 6.45) is 5.36. The summed E-state index contributed by atoms with van der Waals surface area (Å²) in [4.78, 5) is 35.7. The van der Waals surface area contributed by atoms with Crippen molar-refractivity contribution in [3.05, 3.63) is 64.7 Å². The van der Waals surface area contributed by atoms with E-state index in [1.165, 1.54) is 34.4 Å². The highest BCUT2D eigenvalue weighted by molar-refractivity contribution is 6.07. The number of hydrogen-bond acceptors (Lipinski definition) is 4. The molecular formula is C29H36N4O2. The van der Waals surface area contributed by atoms with Gasteiger partial charge in [-0.3, -0.25) is 14.6 Å². The predicted octanol–water partition coefficient (Wildman–Crippen LogP) is 3.86. The molecule has 6 nitrogen and oxygen atoms in total. The van der Waals surface area contributed by atoms with Gasteiger partial charge in [0, 0.05) is 51.5 Å². The summed E-state index contributed by atoms with van der Waals surface area (Å²) in [5.74, 6) is 0.0404. The number of carbonyl (C=O) groups excluding carboxylic acids is 2. The summed E-state index contributed by atoms with van der Waals surface area (Å²) in [6, 6.07) is 15.1. The van der Waals surface area contributed by atoms with Gasteiger partial charge in [0.25, 0.3) is 5.91 Å². The number of rotatable bonds is 4. The van der Waals surface area contributed by atoms with E-state index in [0.717, 1.165) is 58.3 Å². The monoisotopic (exact) mass is 472 g/mol. The standard InChI is InChI=1S/C29H36N4O2/c1-3-32-28(35)33(25-18-22-7-4-5-8-23(22)19-25)27(34)29(32)12-15-31(16-13-29)20-21-10-11-26-24(17-21)9-6-14-30(26)2/h4-5,7-8,10-11,17,25H,3,6,9,12-16,18-20H2,1-2H3. The summed E-state index contributed by atoms with van der Waals surface area (Å²) in [5.41, 5.74) is 6.03. The highest BCUT2D eigenvalue weighted by Crippen LogP contribution is 2.40. The first-order chi connectivity index (χ1) is 17.0. The van der Waals surface area contributed by atoms with Gasteiger partial charge in [-0.15, -0.1) is 0 Å². The molecule has 6 rings (SSSR count). The molecule has 3 amide bonds. The van der Waals surface area contributed by atoms with Crippen LogP contribution in [0.5, 0.6) is 0 Å². The minimum Gasteiger partial charge on any atom is -0.374 e. The lowest BCUT2D eigenvalue weighted by molar-refractivity contribution is -0.137.